The molecule has 0 saturated carbocycles. The summed E-state index contributed by atoms with van der Waals surface area (Å²) < 4.78 is 25.4. The van der Waals surface area contributed by atoms with Gasteiger partial charge in [-0.3, -0.25) is 0 Å². The zero-order valence-corrected chi connectivity index (χ0v) is 11.2. The number of hydrogen-bond acceptors (Lipinski definition) is 3. The van der Waals surface area contributed by atoms with Crippen LogP contribution < -0.4 is 5.32 Å². The fraction of sp³-hybridized carbons (Fsp3) is 1.00. The third-order valence-corrected chi connectivity index (χ3v) is 5.08. The molecule has 1 heterocycles. The van der Waals surface area contributed by atoms with Gasteiger partial charge in [-0.1, -0.05) is 19.8 Å². The smallest absolute Gasteiger partial charge is 0.215 e. The van der Waals surface area contributed by atoms with E-state index < -0.39 is 10.0 Å². The van der Waals surface area contributed by atoms with E-state index in [4.69, 9.17) is 0 Å². The van der Waals surface area contributed by atoms with E-state index in [1.165, 1.54) is 4.31 Å². The van der Waals surface area contributed by atoms with E-state index in [2.05, 4.69) is 12.2 Å². The fourth-order valence-corrected chi connectivity index (χ4v) is 3.46. The predicted octanol–water partition coefficient (Wildman–Crippen LogP) is 1.19. The highest BCUT2D eigenvalue weighted by Crippen LogP contribution is 2.10. The highest BCUT2D eigenvalue weighted by molar-refractivity contribution is 7.89. The first kappa shape index (κ1) is 13.9. The molecule has 0 aromatic carbocycles. The molecular weight excluding hydrogens is 224 g/mol. The van der Waals surface area contributed by atoms with Gasteiger partial charge in [-0.15, -0.1) is 0 Å². The summed E-state index contributed by atoms with van der Waals surface area (Å²) in [5.74, 6) is 0.260. The monoisotopic (exact) mass is 248 g/mol. The summed E-state index contributed by atoms with van der Waals surface area (Å²) in [7, 11) is -1.36. The maximum atomic E-state index is 12.0. The van der Waals surface area contributed by atoms with Crippen LogP contribution in [-0.4, -0.2) is 44.7 Å². The quantitative estimate of drug-likeness (QED) is 0.689. The molecule has 4 nitrogen and oxygen atoms in total. The standard InChI is InChI=1S/C11H24N2O2S/c1-3-4-5-9-13(2)16(14,15)10-11-7-6-8-12-11/h11-12H,3-10H2,1-2H3. The number of nitrogens with zero attached hydrogens (tertiary/aromatic N) is 1. The average molecular weight is 248 g/mol. The molecule has 0 bridgehead atoms. The molecule has 16 heavy (non-hydrogen) atoms. The molecule has 0 aliphatic carbocycles. The van der Waals surface area contributed by atoms with Crippen molar-refractivity contribution in [3.05, 3.63) is 0 Å². The molecule has 1 unspecified atom stereocenters. The number of unbranched alkanes of at least 4 members (excludes halogenated alkanes) is 2. The van der Waals surface area contributed by atoms with Gasteiger partial charge >= 0.3 is 0 Å². The lowest BCUT2D eigenvalue weighted by Gasteiger charge is -2.19. The van der Waals surface area contributed by atoms with E-state index >= 15 is 0 Å². The van der Waals surface area contributed by atoms with Crippen molar-refractivity contribution in [1.82, 2.24) is 9.62 Å². The Morgan fingerprint density at radius 2 is 2.12 bits per heavy atom. The molecule has 1 atom stereocenters. The van der Waals surface area contributed by atoms with Crippen LogP contribution in [0.5, 0.6) is 0 Å². The lowest BCUT2D eigenvalue weighted by Crippen LogP contribution is -2.38. The van der Waals surface area contributed by atoms with Crippen molar-refractivity contribution in [2.75, 3.05) is 25.9 Å². The summed E-state index contributed by atoms with van der Waals surface area (Å²) in [6.45, 7) is 3.74. The van der Waals surface area contributed by atoms with Crippen LogP contribution >= 0.6 is 0 Å². The van der Waals surface area contributed by atoms with E-state index in [-0.39, 0.29) is 11.8 Å². The van der Waals surface area contributed by atoms with Crippen molar-refractivity contribution in [1.29, 1.82) is 0 Å². The lowest BCUT2D eigenvalue weighted by molar-refractivity contribution is 0.448. The molecule has 0 aromatic heterocycles. The molecule has 1 N–H and O–H groups in total. The first-order valence-electron chi connectivity index (χ1n) is 6.23. The first-order chi connectivity index (χ1) is 7.56. The number of nitrogens with one attached hydrogen (secondary N) is 1. The molecule has 1 aliphatic rings. The normalized spacial score (nSPS) is 21.8. The Balaban J connectivity index is 2.36. The highest BCUT2D eigenvalue weighted by atomic mass is 32.2. The Morgan fingerprint density at radius 1 is 1.38 bits per heavy atom. The fourth-order valence-electron chi connectivity index (χ4n) is 2.00. The topological polar surface area (TPSA) is 49.4 Å². The molecule has 1 aliphatic heterocycles. The molecule has 1 saturated heterocycles. The Bertz CT molecular complexity index is 284. The first-order valence-corrected chi connectivity index (χ1v) is 7.84. The molecule has 1 fully saturated rings. The van der Waals surface area contributed by atoms with Gasteiger partial charge in [-0.25, -0.2) is 12.7 Å². The predicted molar refractivity (Wildman–Crippen MR) is 67.0 cm³/mol. The van der Waals surface area contributed by atoms with Gasteiger partial charge in [-0.05, 0) is 25.8 Å². The summed E-state index contributed by atoms with van der Waals surface area (Å²) >= 11 is 0. The Labute approximate surface area is 99.5 Å². The molecule has 96 valence electrons. The lowest BCUT2D eigenvalue weighted by atomic mass is 10.2. The SMILES string of the molecule is CCCCCN(C)S(=O)(=O)CC1CCCN1. The van der Waals surface area contributed by atoms with Crippen LogP contribution in [0, 0.1) is 0 Å². The van der Waals surface area contributed by atoms with Gasteiger partial charge in [-0.2, -0.15) is 0 Å². The average Bonchev–Trinajstić information content (AvgIpc) is 2.70. The minimum Gasteiger partial charge on any atom is -0.313 e. The highest BCUT2D eigenvalue weighted by Gasteiger charge is 2.24. The van der Waals surface area contributed by atoms with Crippen LogP contribution in [0.1, 0.15) is 39.0 Å². The van der Waals surface area contributed by atoms with Crippen LogP contribution in [0.15, 0.2) is 0 Å². The molecule has 0 amide bonds. The second-order valence-corrected chi connectivity index (χ2v) is 6.72. The molecule has 1 rings (SSSR count). The summed E-state index contributed by atoms with van der Waals surface area (Å²) in [4.78, 5) is 0. The molecule has 0 radical (unpaired) electrons. The second kappa shape index (κ2) is 6.57. The molecule has 0 spiro atoms. The van der Waals surface area contributed by atoms with Gasteiger partial charge in [0.05, 0.1) is 5.75 Å². The van der Waals surface area contributed by atoms with Crippen molar-refractivity contribution in [3.8, 4) is 0 Å². The number of hydrogen-bond donors (Lipinski definition) is 1. The van der Waals surface area contributed by atoms with E-state index in [1.54, 1.807) is 7.05 Å². The Kier molecular flexibility index (Phi) is 5.72. The summed E-state index contributed by atoms with van der Waals surface area (Å²) in [6, 6.07) is 0.165. The zero-order chi connectivity index (χ0) is 12.0. The Hall–Kier alpha value is -0.130. The van der Waals surface area contributed by atoms with Crippen LogP contribution in [0.25, 0.3) is 0 Å². The van der Waals surface area contributed by atoms with Crippen LogP contribution in [0.2, 0.25) is 0 Å². The van der Waals surface area contributed by atoms with Gasteiger partial charge < -0.3 is 5.32 Å². The zero-order valence-electron chi connectivity index (χ0n) is 10.4. The van der Waals surface area contributed by atoms with Gasteiger partial charge in [0.2, 0.25) is 10.0 Å². The third-order valence-electron chi connectivity index (χ3n) is 3.13. The van der Waals surface area contributed by atoms with Crippen LogP contribution in [0.4, 0.5) is 0 Å². The van der Waals surface area contributed by atoms with E-state index in [0.717, 1.165) is 38.6 Å². The van der Waals surface area contributed by atoms with Crippen molar-refractivity contribution < 1.29 is 8.42 Å². The largest absolute Gasteiger partial charge is 0.313 e. The van der Waals surface area contributed by atoms with Gasteiger partial charge in [0.1, 0.15) is 0 Å². The maximum absolute atomic E-state index is 12.0. The van der Waals surface area contributed by atoms with E-state index in [9.17, 15) is 8.42 Å². The summed E-state index contributed by atoms with van der Waals surface area (Å²) in [5.41, 5.74) is 0. The van der Waals surface area contributed by atoms with Gasteiger partial charge in [0, 0.05) is 19.6 Å². The number of rotatable bonds is 7. The van der Waals surface area contributed by atoms with Crippen molar-refractivity contribution >= 4 is 10.0 Å². The second-order valence-electron chi connectivity index (χ2n) is 4.60. The van der Waals surface area contributed by atoms with Gasteiger partial charge in [0.25, 0.3) is 0 Å². The Morgan fingerprint density at radius 3 is 2.69 bits per heavy atom. The van der Waals surface area contributed by atoms with E-state index in [0.29, 0.717) is 6.54 Å². The van der Waals surface area contributed by atoms with E-state index in [1.807, 2.05) is 0 Å². The summed E-state index contributed by atoms with van der Waals surface area (Å²) in [6.07, 6.45) is 5.27. The van der Waals surface area contributed by atoms with Crippen molar-refractivity contribution in [2.24, 2.45) is 0 Å². The minimum absolute atomic E-state index is 0.165. The maximum Gasteiger partial charge on any atom is 0.215 e. The minimum atomic E-state index is -3.05. The van der Waals surface area contributed by atoms with Crippen LogP contribution in [-0.2, 0) is 10.0 Å². The number of sulfonamides is 1. The molecule has 0 aromatic rings. The molecular formula is C11H24N2O2S. The molecule has 5 heteroatoms. The third kappa shape index (κ3) is 4.39. The van der Waals surface area contributed by atoms with Crippen molar-refractivity contribution in [3.63, 3.8) is 0 Å². The summed E-state index contributed by atoms with van der Waals surface area (Å²) in [5, 5.41) is 3.23. The van der Waals surface area contributed by atoms with Crippen molar-refractivity contribution in [2.45, 2.75) is 45.1 Å². The van der Waals surface area contributed by atoms with Gasteiger partial charge in [0.15, 0.2) is 0 Å². The van der Waals surface area contributed by atoms with Crippen LogP contribution in [0.3, 0.4) is 0 Å².